The van der Waals surface area contributed by atoms with Gasteiger partial charge in [0.2, 0.25) is 0 Å². The second-order valence-electron chi connectivity index (χ2n) is 5.00. The average molecular weight is 410 g/mol. The first-order valence-corrected chi connectivity index (χ1v) is 10.1. The Bertz CT molecular complexity index is 824. The van der Waals surface area contributed by atoms with Crippen LogP contribution in [0.3, 0.4) is 0 Å². The molecule has 0 aliphatic heterocycles. The van der Waals surface area contributed by atoms with Crippen LogP contribution < -0.4 is 10.9 Å². The topological polar surface area (TPSA) is 73.6 Å². The third-order valence-electron chi connectivity index (χ3n) is 3.29. The molecule has 0 unspecified atom stereocenters. The summed E-state index contributed by atoms with van der Waals surface area (Å²) in [6.45, 7) is 2.23. The molecule has 0 atom stereocenters. The fourth-order valence-electron chi connectivity index (χ4n) is 2.12. The van der Waals surface area contributed by atoms with Crippen LogP contribution in [-0.2, 0) is 0 Å². The van der Waals surface area contributed by atoms with E-state index in [0.717, 1.165) is 11.0 Å². The molecule has 0 radical (unpaired) electrons. The molecule has 5 nitrogen and oxygen atoms in total. The van der Waals surface area contributed by atoms with Crippen LogP contribution in [0.5, 0.6) is 0 Å². The zero-order valence-corrected chi connectivity index (χ0v) is 14.7. The fraction of sp³-hybridized carbons (Fsp3) is 0.250. The molecule has 3 N–H and O–H groups in total. The molecule has 22 heavy (non-hydrogen) atoms. The first kappa shape index (κ1) is 15.1. The summed E-state index contributed by atoms with van der Waals surface area (Å²) in [5, 5.41) is 3.03. The second-order valence-corrected chi connectivity index (χ2v) is 8.34. The van der Waals surface area contributed by atoms with Crippen LogP contribution in [-0.4, -0.2) is 19.4 Å². The molecular weight excluding hydrogens is 391 g/mol. The molecule has 3 rings (SSSR count). The minimum atomic E-state index is -0.157. The number of alkyl halides is 1. The number of pyridine rings is 1. The van der Waals surface area contributed by atoms with E-state index in [1.165, 1.54) is 20.8 Å². The van der Waals surface area contributed by atoms with Gasteiger partial charge in [-0.25, -0.2) is 0 Å². The van der Waals surface area contributed by atoms with Crippen molar-refractivity contribution in [3.05, 3.63) is 50.5 Å². The number of unbranched alkanes of at least 4 members (excludes halogenated alkanes) is 1. The molecule has 0 aliphatic rings. The van der Waals surface area contributed by atoms with Gasteiger partial charge in [-0.05, 0) is 0 Å². The van der Waals surface area contributed by atoms with Crippen molar-refractivity contribution in [2.24, 2.45) is 0 Å². The SMILES string of the molecule is CCCC[IH]c1ccc2nc(Nc3ccc[nH]c3=O)[nH]c2c1. The van der Waals surface area contributed by atoms with E-state index in [-0.39, 0.29) is 26.8 Å². The molecule has 0 aliphatic carbocycles. The second kappa shape index (κ2) is 6.95. The summed E-state index contributed by atoms with van der Waals surface area (Å²) in [7, 11) is 0. The zero-order valence-electron chi connectivity index (χ0n) is 12.3. The minimum absolute atomic E-state index is 0.106. The van der Waals surface area contributed by atoms with Gasteiger partial charge >= 0.3 is 139 Å². The van der Waals surface area contributed by atoms with E-state index in [0.29, 0.717) is 11.6 Å². The van der Waals surface area contributed by atoms with E-state index >= 15 is 0 Å². The van der Waals surface area contributed by atoms with E-state index in [1.54, 1.807) is 18.3 Å². The number of hydrogen-bond donors (Lipinski definition) is 3. The Morgan fingerprint density at radius 2 is 2.23 bits per heavy atom. The molecular formula is C16H19IN4O. The molecule has 0 bridgehead atoms. The van der Waals surface area contributed by atoms with E-state index in [1.807, 2.05) is 0 Å². The summed E-state index contributed by atoms with van der Waals surface area (Å²) in [5.41, 5.74) is 2.27. The summed E-state index contributed by atoms with van der Waals surface area (Å²) in [6, 6.07) is 9.94. The molecule has 2 heterocycles. The van der Waals surface area contributed by atoms with E-state index < -0.39 is 0 Å². The number of anilines is 2. The monoisotopic (exact) mass is 410 g/mol. The standard InChI is InChI=1S/C16H19IN4O/c1-2-3-8-17-11-6-7-12-14(10-11)21-16(19-12)20-13-5-4-9-18-15(13)22/h4-7,9-10,17H,2-3,8H2,1H3,(H,18,22)(H2,19,20,21). The van der Waals surface area contributed by atoms with E-state index in [4.69, 9.17) is 0 Å². The van der Waals surface area contributed by atoms with E-state index in [9.17, 15) is 4.79 Å². The zero-order chi connectivity index (χ0) is 15.4. The van der Waals surface area contributed by atoms with Gasteiger partial charge in [0.1, 0.15) is 0 Å². The molecule has 116 valence electrons. The third-order valence-corrected chi connectivity index (χ3v) is 6.37. The molecule has 6 heteroatoms. The molecule has 0 saturated carbocycles. The Balaban J connectivity index is 1.80. The van der Waals surface area contributed by atoms with Gasteiger partial charge in [0.05, 0.1) is 0 Å². The Morgan fingerprint density at radius 1 is 1.32 bits per heavy atom. The first-order valence-electron chi connectivity index (χ1n) is 7.33. The molecule has 0 amide bonds. The Kier molecular flexibility index (Phi) is 4.77. The van der Waals surface area contributed by atoms with Gasteiger partial charge in [-0.3, -0.25) is 0 Å². The number of nitrogens with zero attached hydrogens (tertiary/aromatic N) is 1. The van der Waals surface area contributed by atoms with Crippen molar-refractivity contribution in [2.45, 2.75) is 19.8 Å². The number of nitrogens with one attached hydrogen (secondary N) is 3. The van der Waals surface area contributed by atoms with Crippen LogP contribution in [0.1, 0.15) is 19.8 Å². The number of halogens is 1. The van der Waals surface area contributed by atoms with Crippen LogP contribution in [0.15, 0.2) is 41.3 Å². The number of aromatic amines is 2. The van der Waals surface area contributed by atoms with Crippen molar-refractivity contribution >= 4 is 43.9 Å². The molecule has 0 saturated heterocycles. The van der Waals surface area contributed by atoms with Gasteiger partial charge in [-0.2, -0.15) is 0 Å². The number of fused-ring (bicyclic) bond motifs is 1. The van der Waals surface area contributed by atoms with Crippen molar-refractivity contribution < 1.29 is 0 Å². The van der Waals surface area contributed by atoms with Crippen molar-refractivity contribution in [1.82, 2.24) is 15.0 Å². The summed E-state index contributed by atoms with van der Waals surface area (Å²) in [5.74, 6) is 0.595. The Labute approximate surface area is 138 Å². The number of rotatable bonds is 6. The van der Waals surface area contributed by atoms with Crippen LogP contribution in [0, 0.1) is 3.57 Å². The van der Waals surface area contributed by atoms with Crippen LogP contribution in [0.25, 0.3) is 11.0 Å². The van der Waals surface area contributed by atoms with Gasteiger partial charge in [0.15, 0.2) is 0 Å². The van der Waals surface area contributed by atoms with Gasteiger partial charge in [-0.1, -0.05) is 0 Å². The predicted molar refractivity (Wildman–Crippen MR) is 100 cm³/mol. The maximum atomic E-state index is 11.7. The van der Waals surface area contributed by atoms with E-state index in [2.05, 4.69) is 45.4 Å². The molecule has 3 aromatic rings. The summed E-state index contributed by atoms with van der Waals surface area (Å²) < 4.78 is 2.78. The normalized spacial score (nSPS) is 11.1. The molecule has 1 aromatic carbocycles. The summed E-state index contributed by atoms with van der Waals surface area (Å²) in [6.07, 6.45) is 4.18. The fourth-order valence-corrected chi connectivity index (χ4v) is 5.07. The van der Waals surface area contributed by atoms with Gasteiger partial charge in [0.25, 0.3) is 0 Å². The number of H-pyrrole nitrogens is 2. The average Bonchev–Trinajstić information content (AvgIpc) is 2.91. The van der Waals surface area contributed by atoms with Crippen molar-refractivity contribution in [1.29, 1.82) is 0 Å². The van der Waals surface area contributed by atoms with Crippen LogP contribution >= 0.6 is 21.2 Å². The summed E-state index contributed by atoms with van der Waals surface area (Å²) >= 11 is -0.106. The van der Waals surface area contributed by atoms with Crippen molar-refractivity contribution in [3.63, 3.8) is 0 Å². The van der Waals surface area contributed by atoms with Gasteiger partial charge < -0.3 is 0 Å². The Hall–Kier alpha value is -1.83. The maximum absolute atomic E-state index is 11.7. The number of hydrogen-bond acceptors (Lipinski definition) is 3. The van der Waals surface area contributed by atoms with Gasteiger partial charge in [-0.15, -0.1) is 0 Å². The third kappa shape index (κ3) is 3.49. The molecule has 2 aromatic heterocycles. The number of imidazole rings is 1. The number of benzene rings is 1. The Morgan fingerprint density at radius 3 is 3.05 bits per heavy atom. The molecule has 0 fully saturated rings. The van der Waals surface area contributed by atoms with Gasteiger partial charge in [0, 0.05) is 0 Å². The van der Waals surface area contributed by atoms with Crippen LogP contribution in [0.2, 0.25) is 0 Å². The summed E-state index contributed by atoms with van der Waals surface area (Å²) in [4.78, 5) is 22.1. The molecule has 0 spiro atoms. The van der Waals surface area contributed by atoms with Crippen molar-refractivity contribution in [3.8, 4) is 0 Å². The van der Waals surface area contributed by atoms with Crippen molar-refractivity contribution in [2.75, 3.05) is 9.74 Å². The predicted octanol–water partition coefficient (Wildman–Crippen LogP) is 3.67. The van der Waals surface area contributed by atoms with Crippen LogP contribution in [0.4, 0.5) is 11.6 Å². The first-order chi connectivity index (χ1) is 10.8. The number of aromatic nitrogens is 3. The quantitative estimate of drug-likeness (QED) is 0.330.